The molecule has 5 heteroatoms. The highest BCUT2D eigenvalue weighted by Crippen LogP contribution is 2.00. The fourth-order valence-corrected chi connectivity index (χ4v) is 1.67. The summed E-state index contributed by atoms with van der Waals surface area (Å²) >= 11 is 0. The molecule has 1 atom stereocenters. The molecule has 0 saturated heterocycles. The summed E-state index contributed by atoms with van der Waals surface area (Å²) in [6.07, 6.45) is 0. The molecule has 1 aromatic rings. The molecule has 2 N–H and O–H groups in total. The van der Waals surface area contributed by atoms with E-state index in [0.717, 1.165) is 5.56 Å². The number of rotatable bonds is 10. The average molecular weight is 280 g/mol. The Morgan fingerprint density at radius 3 is 2.75 bits per heavy atom. The molecule has 0 spiro atoms. The number of carbonyl (C=O) groups excluding carboxylic acids is 1. The minimum absolute atomic E-state index is 0.00422. The Bertz CT molecular complexity index is 371. The topological polar surface area (TPSA) is 59.6 Å². The number of ether oxygens (including phenoxy) is 2. The van der Waals surface area contributed by atoms with Crippen LogP contribution in [0.3, 0.4) is 0 Å². The van der Waals surface area contributed by atoms with Gasteiger partial charge in [0.25, 0.3) is 0 Å². The molecule has 1 aromatic carbocycles. The van der Waals surface area contributed by atoms with Crippen molar-refractivity contribution in [3.63, 3.8) is 0 Å². The van der Waals surface area contributed by atoms with E-state index in [9.17, 15) is 4.79 Å². The van der Waals surface area contributed by atoms with Crippen LogP contribution in [0.4, 0.5) is 0 Å². The van der Waals surface area contributed by atoms with E-state index in [0.29, 0.717) is 32.9 Å². The number of methoxy groups -OCH3 is 1. The van der Waals surface area contributed by atoms with Crippen LogP contribution < -0.4 is 10.6 Å². The van der Waals surface area contributed by atoms with Crippen molar-refractivity contribution in [2.75, 3.05) is 33.4 Å². The van der Waals surface area contributed by atoms with Gasteiger partial charge in [-0.15, -0.1) is 0 Å². The van der Waals surface area contributed by atoms with Crippen LogP contribution in [-0.4, -0.2) is 45.4 Å². The minimum Gasteiger partial charge on any atom is -0.383 e. The first-order valence-corrected chi connectivity index (χ1v) is 6.83. The smallest absolute Gasteiger partial charge is 0.234 e. The van der Waals surface area contributed by atoms with Crippen LogP contribution in [0.1, 0.15) is 12.5 Å². The third kappa shape index (κ3) is 7.89. The van der Waals surface area contributed by atoms with Gasteiger partial charge in [-0.1, -0.05) is 30.3 Å². The molecule has 0 fully saturated rings. The van der Waals surface area contributed by atoms with Gasteiger partial charge in [-0.3, -0.25) is 4.79 Å². The molecule has 1 unspecified atom stereocenters. The second kappa shape index (κ2) is 10.4. The largest absolute Gasteiger partial charge is 0.383 e. The normalized spacial score (nSPS) is 12.1. The highest BCUT2D eigenvalue weighted by Gasteiger charge is 2.06. The monoisotopic (exact) mass is 280 g/mol. The Hall–Kier alpha value is -1.43. The van der Waals surface area contributed by atoms with Crippen LogP contribution in [0.25, 0.3) is 0 Å². The quantitative estimate of drug-likeness (QED) is 0.626. The van der Waals surface area contributed by atoms with Crippen LogP contribution in [0.5, 0.6) is 0 Å². The molecule has 20 heavy (non-hydrogen) atoms. The van der Waals surface area contributed by atoms with Gasteiger partial charge < -0.3 is 20.1 Å². The van der Waals surface area contributed by atoms with Gasteiger partial charge in [-0.25, -0.2) is 0 Å². The van der Waals surface area contributed by atoms with Crippen molar-refractivity contribution < 1.29 is 14.3 Å². The van der Waals surface area contributed by atoms with Crippen molar-refractivity contribution >= 4 is 5.91 Å². The van der Waals surface area contributed by atoms with E-state index >= 15 is 0 Å². The highest BCUT2D eigenvalue weighted by molar-refractivity contribution is 5.78. The van der Waals surface area contributed by atoms with Gasteiger partial charge in [0, 0.05) is 19.7 Å². The molecule has 0 aliphatic carbocycles. The SMILES string of the molecule is COCCNCC(=O)NC(C)COCc1ccccc1. The lowest BCUT2D eigenvalue weighted by atomic mass is 10.2. The molecule has 112 valence electrons. The molecule has 0 bridgehead atoms. The average Bonchev–Trinajstić information content (AvgIpc) is 2.45. The lowest BCUT2D eigenvalue weighted by Gasteiger charge is -2.14. The number of nitrogens with one attached hydrogen (secondary N) is 2. The van der Waals surface area contributed by atoms with Crippen molar-refractivity contribution in [2.24, 2.45) is 0 Å². The van der Waals surface area contributed by atoms with Crippen molar-refractivity contribution in [3.05, 3.63) is 35.9 Å². The fraction of sp³-hybridized carbons (Fsp3) is 0.533. The van der Waals surface area contributed by atoms with Crippen LogP contribution in [0.2, 0.25) is 0 Å². The van der Waals surface area contributed by atoms with E-state index in [2.05, 4.69) is 10.6 Å². The number of benzene rings is 1. The molecule has 1 rings (SSSR count). The standard InChI is InChI=1S/C15H24N2O3/c1-13(17-15(18)10-16-8-9-19-2)11-20-12-14-6-4-3-5-7-14/h3-7,13,16H,8-12H2,1-2H3,(H,17,18). The minimum atomic E-state index is -0.0306. The summed E-state index contributed by atoms with van der Waals surface area (Å²) in [7, 11) is 1.63. The predicted octanol–water partition coefficient (Wildman–Crippen LogP) is 0.944. The number of carbonyl (C=O) groups is 1. The maximum Gasteiger partial charge on any atom is 0.234 e. The van der Waals surface area contributed by atoms with Gasteiger partial charge in [0.2, 0.25) is 5.91 Å². The molecular weight excluding hydrogens is 256 g/mol. The maximum absolute atomic E-state index is 11.6. The van der Waals surface area contributed by atoms with Gasteiger partial charge in [0.05, 0.1) is 26.4 Å². The summed E-state index contributed by atoms with van der Waals surface area (Å²) in [5, 5.41) is 5.87. The predicted molar refractivity (Wildman–Crippen MR) is 78.4 cm³/mol. The fourth-order valence-electron chi connectivity index (χ4n) is 1.67. The highest BCUT2D eigenvalue weighted by atomic mass is 16.5. The summed E-state index contributed by atoms with van der Waals surface area (Å²) in [5.74, 6) is -0.0306. The van der Waals surface area contributed by atoms with Gasteiger partial charge in [-0.05, 0) is 12.5 Å². The summed E-state index contributed by atoms with van der Waals surface area (Å²) in [6, 6.07) is 9.97. The van der Waals surface area contributed by atoms with Crippen molar-refractivity contribution in [1.82, 2.24) is 10.6 Å². The molecule has 0 aliphatic heterocycles. The van der Waals surface area contributed by atoms with Crippen LogP contribution >= 0.6 is 0 Å². The third-order valence-corrected chi connectivity index (χ3v) is 2.66. The lowest BCUT2D eigenvalue weighted by molar-refractivity contribution is -0.121. The zero-order chi connectivity index (χ0) is 14.6. The van der Waals surface area contributed by atoms with E-state index in [1.165, 1.54) is 0 Å². The lowest BCUT2D eigenvalue weighted by Crippen LogP contribution is -2.41. The first-order chi connectivity index (χ1) is 9.72. The Morgan fingerprint density at radius 1 is 1.30 bits per heavy atom. The zero-order valence-electron chi connectivity index (χ0n) is 12.2. The van der Waals surface area contributed by atoms with Gasteiger partial charge in [0.1, 0.15) is 0 Å². The van der Waals surface area contributed by atoms with Crippen molar-refractivity contribution in [3.8, 4) is 0 Å². The van der Waals surface area contributed by atoms with Crippen LogP contribution in [-0.2, 0) is 20.9 Å². The zero-order valence-corrected chi connectivity index (χ0v) is 12.2. The number of amides is 1. The first kappa shape index (κ1) is 16.6. The molecule has 0 aromatic heterocycles. The molecule has 0 radical (unpaired) electrons. The van der Waals surface area contributed by atoms with E-state index in [4.69, 9.17) is 9.47 Å². The molecule has 5 nitrogen and oxygen atoms in total. The maximum atomic E-state index is 11.6. The van der Waals surface area contributed by atoms with E-state index < -0.39 is 0 Å². The summed E-state index contributed by atoms with van der Waals surface area (Å²) < 4.78 is 10.5. The molecule has 1 amide bonds. The number of hydrogen-bond donors (Lipinski definition) is 2. The van der Waals surface area contributed by atoms with Gasteiger partial charge in [-0.2, -0.15) is 0 Å². The summed E-state index contributed by atoms with van der Waals surface area (Å²) in [4.78, 5) is 11.6. The Balaban J connectivity index is 2.07. The third-order valence-electron chi connectivity index (χ3n) is 2.66. The van der Waals surface area contributed by atoms with E-state index in [1.54, 1.807) is 7.11 Å². The summed E-state index contributed by atoms with van der Waals surface area (Å²) in [5.41, 5.74) is 1.13. The summed E-state index contributed by atoms with van der Waals surface area (Å²) in [6.45, 7) is 4.56. The van der Waals surface area contributed by atoms with Crippen LogP contribution in [0.15, 0.2) is 30.3 Å². The van der Waals surface area contributed by atoms with Crippen molar-refractivity contribution in [2.45, 2.75) is 19.6 Å². The van der Waals surface area contributed by atoms with Crippen molar-refractivity contribution in [1.29, 1.82) is 0 Å². The molecule has 0 saturated carbocycles. The van der Waals surface area contributed by atoms with E-state index in [-0.39, 0.29) is 11.9 Å². The van der Waals surface area contributed by atoms with E-state index in [1.807, 2.05) is 37.3 Å². The molecular formula is C15H24N2O3. The molecule has 0 aliphatic rings. The second-order valence-corrected chi connectivity index (χ2v) is 4.64. The first-order valence-electron chi connectivity index (χ1n) is 6.83. The second-order valence-electron chi connectivity index (χ2n) is 4.64. The van der Waals surface area contributed by atoms with Gasteiger partial charge >= 0.3 is 0 Å². The Labute approximate surface area is 120 Å². The Kier molecular flexibility index (Phi) is 8.62. The van der Waals surface area contributed by atoms with Crippen LogP contribution in [0, 0.1) is 0 Å². The Morgan fingerprint density at radius 2 is 2.05 bits per heavy atom. The van der Waals surface area contributed by atoms with Gasteiger partial charge in [0.15, 0.2) is 0 Å². The number of hydrogen-bond acceptors (Lipinski definition) is 4. The molecule has 0 heterocycles.